The number of amides is 1. The third-order valence-corrected chi connectivity index (χ3v) is 4.52. The summed E-state index contributed by atoms with van der Waals surface area (Å²) >= 11 is 0. The van der Waals surface area contributed by atoms with E-state index in [4.69, 9.17) is 9.47 Å². The van der Waals surface area contributed by atoms with E-state index >= 15 is 0 Å². The Kier molecular flexibility index (Phi) is 6.68. The van der Waals surface area contributed by atoms with Crippen LogP contribution in [-0.4, -0.2) is 68.6 Å². The Morgan fingerprint density at radius 3 is 2.78 bits per heavy atom. The van der Waals surface area contributed by atoms with Gasteiger partial charge in [-0.25, -0.2) is 4.79 Å². The molecule has 1 aliphatic heterocycles. The molecular weight excluding hydrogens is 294 g/mol. The Morgan fingerprint density at radius 2 is 2.09 bits per heavy atom. The highest BCUT2D eigenvalue weighted by Crippen LogP contribution is 2.25. The van der Waals surface area contributed by atoms with Gasteiger partial charge in [0.1, 0.15) is 5.60 Å². The molecular formula is C17H33N3O3. The van der Waals surface area contributed by atoms with Gasteiger partial charge in [0.05, 0.1) is 12.7 Å². The lowest BCUT2D eigenvalue weighted by Crippen LogP contribution is -2.48. The molecule has 6 nitrogen and oxygen atoms in total. The SMILES string of the molecule is CN1CCOC(CNC2CCCC2CNC(=O)OC(C)(C)C)C1. The van der Waals surface area contributed by atoms with Crippen molar-refractivity contribution >= 4 is 6.09 Å². The average Bonchev–Trinajstić information content (AvgIpc) is 2.88. The van der Waals surface area contributed by atoms with Gasteiger partial charge in [-0.1, -0.05) is 6.42 Å². The number of nitrogens with zero attached hydrogens (tertiary/aromatic N) is 1. The molecule has 1 aliphatic carbocycles. The largest absolute Gasteiger partial charge is 0.444 e. The number of likely N-dealkylation sites (N-methyl/N-ethyl adjacent to an activating group) is 1. The van der Waals surface area contributed by atoms with Crippen LogP contribution >= 0.6 is 0 Å². The van der Waals surface area contributed by atoms with Crippen molar-refractivity contribution in [2.24, 2.45) is 5.92 Å². The van der Waals surface area contributed by atoms with Gasteiger partial charge >= 0.3 is 6.09 Å². The minimum absolute atomic E-state index is 0.272. The summed E-state index contributed by atoms with van der Waals surface area (Å²) in [6.07, 6.45) is 3.49. The number of alkyl carbamates (subject to hydrolysis) is 1. The number of rotatable bonds is 5. The van der Waals surface area contributed by atoms with Crippen LogP contribution in [0.1, 0.15) is 40.0 Å². The minimum atomic E-state index is -0.443. The van der Waals surface area contributed by atoms with E-state index < -0.39 is 5.60 Å². The molecule has 0 bridgehead atoms. The number of ether oxygens (including phenoxy) is 2. The normalized spacial score (nSPS) is 29.5. The number of carbonyl (C=O) groups excluding carboxylic acids is 1. The fraction of sp³-hybridized carbons (Fsp3) is 0.941. The van der Waals surface area contributed by atoms with Crippen molar-refractivity contribution in [1.29, 1.82) is 0 Å². The molecule has 0 aromatic rings. The molecule has 3 unspecified atom stereocenters. The van der Waals surface area contributed by atoms with E-state index in [0.717, 1.165) is 32.7 Å². The first kappa shape index (κ1) is 18.5. The maximum atomic E-state index is 11.8. The van der Waals surface area contributed by atoms with Gasteiger partial charge in [0, 0.05) is 32.2 Å². The van der Waals surface area contributed by atoms with Gasteiger partial charge in [0.25, 0.3) is 0 Å². The van der Waals surface area contributed by atoms with Gasteiger partial charge < -0.3 is 25.0 Å². The second-order valence-electron chi connectivity index (χ2n) is 7.84. The summed E-state index contributed by atoms with van der Waals surface area (Å²) < 4.78 is 11.1. The molecule has 2 rings (SSSR count). The first-order valence-corrected chi connectivity index (χ1v) is 8.84. The predicted molar refractivity (Wildman–Crippen MR) is 90.6 cm³/mol. The molecule has 2 aliphatic rings. The van der Waals surface area contributed by atoms with Crippen molar-refractivity contribution in [3.8, 4) is 0 Å². The summed E-state index contributed by atoms with van der Waals surface area (Å²) in [6.45, 7) is 10.0. The predicted octanol–water partition coefficient (Wildman–Crippen LogP) is 1.60. The Bertz CT molecular complexity index is 384. The second kappa shape index (κ2) is 8.31. The van der Waals surface area contributed by atoms with Crippen LogP contribution in [0.4, 0.5) is 4.79 Å². The average molecular weight is 327 g/mol. The summed E-state index contributed by atoms with van der Waals surface area (Å²) in [5, 5.41) is 6.57. The van der Waals surface area contributed by atoms with Crippen molar-refractivity contribution in [2.75, 3.05) is 39.8 Å². The molecule has 1 amide bonds. The zero-order valence-corrected chi connectivity index (χ0v) is 15.1. The van der Waals surface area contributed by atoms with Crippen LogP contribution in [0.2, 0.25) is 0 Å². The minimum Gasteiger partial charge on any atom is -0.444 e. The van der Waals surface area contributed by atoms with Crippen LogP contribution in [-0.2, 0) is 9.47 Å². The first-order valence-electron chi connectivity index (χ1n) is 8.84. The summed E-state index contributed by atoms with van der Waals surface area (Å²) in [5.41, 5.74) is -0.443. The fourth-order valence-electron chi connectivity index (χ4n) is 3.35. The molecule has 0 spiro atoms. The lowest BCUT2D eigenvalue weighted by Gasteiger charge is -2.32. The van der Waals surface area contributed by atoms with Crippen molar-refractivity contribution in [3.63, 3.8) is 0 Å². The van der Waals surface area contributed by atoms with Gasteiger partial charge in [0.15, 0.2) is 0 Å². The Morgan fingerprint density at radius 1 is 1.30 bits per heavy atom. The molecule has 6 heteroatoms. The number of carbonyl (C=O) groups is 1. The van der Waals surface area contributed by atoms with E-state index in [-0.39, 0.29) is 12.2 Å². The Balaban J connectivity index is 1.69. The highest BCUT2D eigenvalue weighted by Gasteiger charge is 2.29. The molecule has 0 aromatic carbocycles. The van der Waals surface area contributed by atoms with Crippen molar-refractivity contribution in [1.82, 2.24) is 15.5 Å². The van der Waals surface area contributed by atoms with Crippen LogP contribution in [0.5, 0.6) is 0 Å². The summed E-state index contributed by atoms with van der Waals surface area (Å²) in [5.74, 6) is 0.476. The summed E-state index contributed by atoms with van der Waals surface area (Å²) in [7, 11) is 2.14. The Labute approximate surface area is 140 Å². The molecule has 0 aromatic heterocycles. The van der Waals surface area contributed by atoms with Gasteiger partial charge in [-0.2, -0.15) is 0 Å². The maximum Gasteiger partial charge on any atom is 0.407 e. The first-order chi connectivity index (χ1) is 10.8. The zero-order chi connectivity index (χ0) is 16.9. The molecule has 3 atom stereocenters. The van der Waals surface area contributed by atoms with E-state index in [1.807, 2.05) is 20.8 Å². The molecule has 0 radical (unpaired) electrons. The third kappa shape index (κ3) is 6.65. The van der Waals surface area contributed by atoms with Gasteiger partial charge in [0.2, 0.25) is 0 Å². The lowest BCUT2D eigenvalue weighted by molar-refractivity contribution is -0.0197. The topological polar surface area (TPSA) is 62.8 Å². The molecule has 134 valence electrons. The molecule has 1 heterocycles. The van der Waals surface area contributed by atoms with Crippen LogP contribution < -0.4 is 10.6 Å². The number of morpholine rings is 1. The summed E-state index contributed by atoms with van der Waals surface area (Å²) in [4.78, 5) is 14.1. The summed E-state index contributed by atoms with van der Waals surface area (Å²) in [6, 6.07) is 0.459. The van der Waals surface area contributed by atoms with E-state index in [0.29, 0.717) is 18.5 Å². The highest BCUT2D eigenvalue weighted by atomic mass is 16.6. The standard InChI is InChI=1S/C17H33N3O3/c1-17(2,3)23-16(21)19-10-13-6-5-7-15(13)18-11-14-12-20(4)8-9-22-14/h13-15,18H,5-12H2,1-4H3,(H,19,21). The Hall–Kier alpha value is -0.850. The number of hydrogen-bond donors (Lipinski definition) is 2. The number of nitrogens with one attached hydrogen (secondary N) is 2. The van der Waals surface area contributed by atoms with Gasteiger partial charge in [-0.15, -0.1) is 0 Å². The van der Waals surface area contributed by atoms with Crippen molar-refractivity contribution in [2.45, 2.75) is 57.8 Å². The van der Waals surface area contributed by atoms with Crippen LogP contribution in [0.15, 0.2) is 0 Å². The van der Waals surface area contributed by atoms with Crippen molar-refractivity contribution < 1.29 is 14.3 Å². The molecule has 1 saturated heterocycles. The second-order valence-corrected chi connectivity index (χ2v) is 7.84. The van der Waals surface area contributed by atoms with E-state index in [2.05, 4.69) is 22.6 Å². The van der Waals surface area contributed by atoms with Gasteiger partial charge in [-0.3, -0.25) is 0 Å². The third-order valence-electron chi connectivity index (χ3n) is 4.52. The fourth-order valence-corrected chi connectivity index (χ4v) is 3.35. The van der Waals surface area contributed by atoms with Crippen molar-refractivity contribution in [3.05, 3.63) is 0 Å². The van der Waals surface area contributed by atoms with Crippen LogP contribution in [0.3, 0.4) is 0 Å². The quantitative estimate of drug-likeness (QED) is 0.803. The van der Waals surface area contributed by atoms with E-state index in [9.17, 15) is 4.79 Å². The van der Waals surface area contributed by atoms with E-state index in [1.54, 1.807) is 0 Å². The number of hydrogen-bond acceptors (Lipinski definition) is 5. The van der Waals surface area contributed by atoms with Crippen LogP contribution in [0.25, 0.3) is 0 Å². The zero-order valence-electron chi connectivity index (χ0n) is 15.1. The smallest absolute Gasteiger partial charge is 0.407 e. The molecule has 2 N–H and O–H groups in total. The lowest BCUT2D eigenvalue weighted by atomic mass is 10.0. The van der Waals surface area contributed by atoms with E-state index in [1.165, 1.54) is 12.8 Å². The highest BCUT2D eigenvalue weighted by molar-refractivity contribution is 5.67. The van der Waals surface area contributed by atoms with Crippen LogP contribution in [0, 0.1) is 5.92 Å². The molecule has 23 heavy (non-hydrogen) atoms. The monoisotopic (exact) mass is 327 g/mol. The molecule has 1 saturated carbocycles. The molecule has 2 fully saturated rings. The maximum absolute atomic E-state index is 11.8. The van der Waals surface area contributed by atoms with Gasteiger partial charge in [-0.05, 0) is 46.6 Å².